The minimum Gasteiger partial charge on any atom is -0.378 e. The molecule has 0 unspecified atom stereocenters. The maximum atomic E-state index is 12.5. The fraction of sp³-hybridized carbons (Fsp3) is 0.240. The topological polar surface area (TPSA) is 47.6 Å². The molecule has 30 heavy (non-hydrogen) atoms. The summed E-state index contributed by atoms with van der Waals surface area (Å²) in [6.45, 7) is 1.47. The van der Waals surface area contributed by atoms with Gasteiger partial charge in [-0.2, -0.15) is 0 Å². The number of carbonyl (C=O) groups is 1. The summed E-state index contributed by atoms with van der Waals surface area (Å²) in [4.78, 5) is 17.0. The molecule has 5 nitrogen and oxygen atoms in total. The van der Waals surface area contributed by atoms with E-state index in [0.29, 0.717) is 6.54 Å². The minimum atomic E-state index is -0.191. The highest BCUT2D eigenvalue weighted by Crippen LogP contribution is 2.35. The molecule has 154 valence electrons. The second-order valence-corrected chi connectivity index (χ2v) is 7.77. The minimum absolute atomic E-state index is 0.0615. The first-order valence-corrected chi connectivity index (χ1v) is 10.3. The Bertz CT molecular complexity index is 986. The molecule has 3 aromatic carbocycles. The van der Waals surface area contributed by atoms with Crippen molar-refractivity contribution < 1.29 is 4.79 Å². The van der Waals surface area contributed by atoms with E-state index in [-0.39, 0.29) is 12.1 Å². The first-order chi connectivity index (χ1) is 14.6. The summed E-state index contributed by atoms with van der Waals surface area (Å²) in [6.07, 6.45) is 1.03. The summed E-state index contributed by atoms with van der Waals surface area (Å²) in [5.74, 6) is 0. The molecule has 0 bridgehead atoms. The smallest absolute Gasteiger partial charge is 0.319 e. The third-order valence-electron chi connectivity index (χ3n) is 5.58. The van der Waals surface area contributed by atoms with Crippen LogP contribution in [0.1, 0.15) is 17.2 Å². The number of benzene rings is 3. The summed E-state index contributed by atoms with van der Waals surface area (Å²) >= 11 is 0. The van der Waals surface area contributed by atoms with Crippen molar-refractivity contribution in [1.82, 2.24) is 5.32 Å². The average Bonchev–Trinajstić information content (AvgIpc) is 3.19. The number of para-hydroxylation sites is 2. The van der Waals surface area contributed by atoms with Crippen molar-refractivity contribution in [2.24, 2.45) is 0 Å². The molecule has 1 aliphatic heterocycles. The Morgan fingerprint density at radius 2 is 1.67 bits per heavy atom. The number of urea groups is 1. The molecular weight excluding hydrogens is 372 g/mol. The van der Waals surface area contributed by atoms with Crippen molar-refractivity contribution in [2.45, 2.75) is 12.5 Å². The monoisotopic (exact) mass is 400 g/mol. The number of carbonyl (C=O) groups excluding carboxylic acids is 1. The van der Waals surface area contributed by atoms with E-state index < -0.39 is 0 Å². The van der Waals surface area contributed by atoms with Gasteiger partial charge in [0.05, 0.1) is 6.04 Å². The van der Waals surface area contributed by atoms with Crippen LogP contribution in [-0.2, 0) is 6.42 Å². The van der Waals surface area contributed by atoms with Crippen LogP contribution >= 0.6 is 0 Å². The van der Waals surface area contributed by atoms with Gasteiger partial charge in [-0.25, -0.2) is 4.79 Å². The molecular formula is C25H28N4O. The zero-order valence-corrected chi connectivity index (χ0v) is 17.5. The molecule has 1 atom stereocenters. The first kappa shape index (κ1) is 19.8. The summed E-state index contributed by atoms with van der Waals surface area (Å²) in [7, 11) is 4.08. The molecule has 0 saturated carbocycles. The van der Waals surface area contributed by atoms with Crippen LogP contribution < -0.4 is 20.4 Å². The number of anilines is 3. The molecule has 2 amide bonds. The van der Waals surface area contributed by atoms with Crippen LogP contribution in [0.4, 0.5) is 21.9 Å². The summed E-state index contributed by atoms with van der Waals surface area (Å²) < 4.78 is 0. The molecule has 0 radical (unpaired) electrons. The van der Waals surface area contributed by atoms with Crippen molar-refractivity contribution >= 4 is 23.1 Å². The molecule has 1 aliphatic rings. The van der Waals surface area contributed by atoms with Gasteiger partial charge in [0.2, 0.25) is 0 Å². The van der Waals surface area contributed by atoms with Gasteiger partial charge in [-0.05, 0) is 47.9 Å². The maximum Gasteiger partial charge on any atom is 0.319 e. The first-order valence-electron chi connectivity index (χ1n) is 10.3. The summed E-state index contributed by atoms with van der Waals surface area (Å²) in [6, 6.07) is 26.5. The van der Waals surface area contributed by atoms with Crippen molar-refractivity contribution in [3.05, 3.63) is 90.0 Å². The van der Waals surface area contributed by atoms with Crippen LogP contribution in [0.2, 0.25) is 0 Å². The van der Waals surface area contributed by atoms with Crippen LogP contribution in [0.25, 0.3) is 0 Å². The van der Waals surface area contributed by atoms with Gasteiger partial charge in [0.15, 0.2) is 0 Å². The van der Waals surface area contributed by atoms with Crippen LogP contribution in [0.3, 0.4) is 0 Å². The molecule has 5 heteroatoms. The van der Waals surface area contributed by atoms with Crippen LogP contribution in [0.5, 0.6) is 0 Å². The lowest BCUT2D eigenvalue weighted by Gasteiger charge is -2.31. The van der Waals surface area contributed by atoms with Gasteiger partial charge in [0.1, 0.15) is 0 Å². The summed E-state index contributed by atoms with van der Waals surface area (Å²) in [5.41, 5.74) is 5.76. The Morgan fingerprint density at radius 3 is 2.40 bits per heavy atom. The Balaban J connectivity index is 1.54. The number of rotatable bonds is 6. The Kier molecular flexibility index (Phi) is 5.89. The van der Waals surface area contributed by atoms with Crippen LogP contribution in [-0.4, -0.2) is 33.2 Å². The maximum absolute atomic E-state index is 12.5. The van der Waals surface area contributed by atoms with E-state index in [2.05, 4.69) is 69.0 Å². The van der Waals surface area contributed by atoms with Crippen LogP contribution in [0, 0.1) is 0 Å². The van der Waals surface area contributed by atoms with Gasteiger partial charge in [-0.15, -0.1) is 0 Å². The number of amides is 2. The zero-order valence-electron chi connectivity index (χ0n) is 17.5. The fourth-order valence-corrected chi connectivity index (χ4v) is 3.98. The van der Waals surface area contributed by atoms with Gasteiger partial charge in [0, 0.05) is 44.2 Å². The molecule has 0 aromatic heterocycles. The second-order valence-electron chi connectivity index (χ2n) is 7.77. The van der Waals surface area contributed by atoms with Crippen molar-refractivity contribution in [3.8, 4) is 0 Å². The number of hydrogen-bond donors (Lipinski definition) is 2. The van der Waals surface area contributed by atoms with E-state index in [9.17, 15) is 4.79 Å². The van der Waals surface area contributed by atoms with E-state index in [0.717, 1.165) is 24.3 Å². The number of nitrogens with one attached hydrogen (secondary N) is 2. The van der Waals surface area contributed by atoms with Crippen molar-refractivity contribution in [2.75, 3.05) is 42.3 Å². The zero-order chi connectivity index (χ0) is 20.9. The lowest BCUT2D eigenvalue weighted by molar-refractivity contribution is 0.251. The molecule has 4 rings (SSSR count). The largest absolute Gasteiger partial charge is 0.378 e. The normalized spacial score (nSPS) is 13.5. The molecule has 0 fully saturated rings. The molecule has 3 aromatic rings. The second kappa shape index (κ2) is 8.91. The fourth-order valence-electron chi connectivity index (χ4n) is 3.98. The third kappa shape index (κ3) is 4.40. The molecule has 1 heterocycles. The highest BCUT2D eigenvalue weighted by Gasteiger charge is 2.27. The van der Waals surface area contributed by atoms with Crippen molar-refractivity contribution in [3.63, 3.8) is 0 Å². The molecule has 0 aliphatic carbocycles. The number of fused-ring (bicyclic) bond motifs is 1. The van der Waals surface area contributed by atoms with E-state index in [1.165, 1.54) is 16.8 Å². The van der Waals surface area contributed by atoms with Crippen LogP contribution in [0.15, 0.2) is 78.9 Å². The Labute approximate surface area is 178 Å². The molecule has 0 saturated heterocycles. The SMILES string of the molecule is CN(C)c1ccc([C@H](CNC(=O)Nc2ccccc2)N2CCc3ccccc32)cc1. The van der Waals surface area contributed by atoms with E-state index in [4.69, 9.17) is 0 Å². The highest BCUT2D eigenvalue weighted by molar-refractivity contribution is 5.89. The predicted octanol–water partition coefficient (Wildman–Crippen LogP) is 4.68. The lowest BCUT2D eigenvalue weighted by atomic mass is 10.0. The standard InChI is InChI=1S/C25H28N4O/c1-28(2)22-14-12-20(13-15-22)24(29-17-16-19-8-6-7-11-23(19)29)18-26-25(30)27-21-9-4-3-5-10-21/h3-15,24H,16-18H2,1-2H3,(H2,26,27,30)/t24-/m0/s1. The Hall–Kier alpha value is -3.47. The Morgan fingerprint density at radius 1 is 0.967 bits per heavy atom. The average molecular weight is 401 g/mol. The van der Waals surface area contributed by atoms with Gasteiger partial charge < -0.3 is 20.4 Å². The highest BCUT2D eigenvalue weighted by atomic mass is 16.2. The lowest BCUT2D eigenvalue weighted by Crippen LogP contribution is -2.39. The molecule has 0 spiro atoms. The number of nitrogens with zero attached hydrogens (tertiary/aromatic N) is 2. The quantitative estimate of drug-likeness (QED) is 0.632. The number of hydrogen-bond acceptors (Lipinski definition) is 3. The van der Waals surface area contributed by atoms with E-state index in [1.54, 1.807) is 0 Å². The molecule has 2 N–H and O–H groups in total. The van der Waals surface area contributed by atoms with Gasteiger partial charge in [-0.1, -0.05) is 48.5 Å². The third-order valence-corrected chi connectivity index (χ3v) is 5.58. The van der Waals surface area contributed by atoms with Gasteiger partial charge in [0.25, 0.3) is 0 Å². The van der Waals surface area contributed by atoms with Crippen molar-refractivity contribution in [1.29, 1.82) is 0 Å². The summed E-state index contributed by atoms with van der Waals surface area (Å²) in [5, 5.41) is 5.98. The van der Waals surface area contributed by atoms with Gasteiger partial charge in [-0.3, -0.25) is 0 Å². The van der Waals surface area contributed by atoms with Gasteiger partial charge >= 0.3 is 6.03 Å². The van der Waals surface area contributed by atoms with E-state index >= 15 is 0 Å². The predicted molar refractivity (Wildman–Crippen MR) is 124 cm³/mol. The van der Waals surface area contributed by atoms with E-state index in [1.807, 2.05) is 44.4 Å².